The van der Waals surface area contributed by atoms with Crippen LogP contribution in [0.4, 0.5) is 13.2 Å². The number of alkyl halides is 3. The standard InChI is InChI=1S/C14H24N4.C8H15O2.CHF3O3S.Fe/c1-16-7-8-17(2)10-12-18(11-9-16)13-14-5-3-4-6-15-14;9-7-5-3-1-2-4-6-8(7)10;2-1(3,4)8(5,6)7;/h3-6H,7-13H2,1-2H3;7-9H,1-6H2;(H,5,6,7);/q;-1;;+3/p-1/i;9+2;;. The number of likely N-dealkylation sites (N-methyl/N-ethyl adjacent to an activating group) is 2. The van der Waals surface area contributed by atoms with Crippen molar-refractivity contribution in [1.82, 2.24) is 19.7 Å². The summed E-state index contributed by atoms with van der Waals surface area (Å²) in [5.74, 6) is 0. The number of halogens is 3. The first-order valence-corrected chi connectivity index (χ1v) is 13.6. The van der Waals surface area contributed by atoms with Crippen molar-refractivity contribution >= 4 is 10.1 Å². The largest absolute Gasteiger partial charge is 3.00 e. The Bertz CT molecular complexity index is 798. The van der Waals surface area contributed by atoms with Crippen molar-refractivity contribution in [3.63, 3.8) is 0 Å². The summed E-state index contributed by atoms with van der Waals surface area (Å²) in [7, 11) is -1.68. The first-order chi connectivity index (χ1) is 16.8. The normalized spacial score (nSPS) is 23.2. The minimum atomic E-state index is -6.09. The Morgan fingerprint density at radius 2 is 1.46 bits per heavy atom. The van der Waals surface area contributed by atoms with Crippen molar-refractivity contribution in [3.8, 4) is 0 Å². The van der Waals surface area contributed by atoms with E-state index in [1.54, 1.807) is 0 Å². The van der Waals surface area contributed by atoms with Crippen LogP contribution in [0, 0.1) is 0 Å². The maximum atomic E-state index is 11.0. The summed E-state index contributed by atoms with van der Waals surface area (Å²) in [6, 6.07) is 6.15. The van der Waals surface area contributed by atoms with Gasteiger partial charge in [-0.1, -0.05) is 44.3 Å². The fourth-order valence-corrected chi connectivity index (χ4v) is 3.61. The Morgan fingerprint density at radius 3 is 1.92 bits per heavy atom. The van der Waals surface area contributed by atoms with Crippen LogP contribution in [0.15, 0.2) is 24.4 Å². The third kappa shape index (κ3) is 16.7. The molecule has 1 N–H and O–H groups in total. The number of hydrogen-bond donors (Lipinski definition) is 1. The fourth-order valence-electron chi connectivity index (χ4n) is 3.61. The first kappa shape index (κ1) is 36.2. The monoisotopic (exact) mass is 598 g/mol. The van der Waals surface area contributed by atoms with Gasteiger partial charge in [0.15, 0.2) is 10.1 Å². The van der Waals surface area contributed by atoms with Crippen molar-refractivity contribution in [2.45, 2.75) is 62.8 Å². The molecule has 0 bridgehead atoms. The van der Waals surface area contributed by atoms with Crippen LogP contribution in [0.2, 0.25) is 0 Å². The molecule has 14 heteroatoms. The Kier molecular flexibility index (Phi) is 18.0. The van der Waals surface area contributed by atoms with E-state index in [9.17, 15) is 23.4 Å². The van der Waals surface area contributed by atoms with Gasteiger partial charge >= 0.3 is 22.6 Å². The Hall–Kier alpha value is -0.831. The molecule has 1 aromatic rings. The van der Waals surface area contributed by atoms with Crippen LogP contribution in [-0.4, -0.2) is 109 Å². The van der Waals surface area contributed by atoms with E-state index in [0.717, 1.165) is 58.7 Å². The van der Waals surface area contributed by atoms with Gasteiger partial charge in [-0.25, -0.2) is 8.42 Å². The second-order valence-corrected chi connectivity index (χ2v) is 10.6. The minimum Gasteiger partial charge on any atom is -0.850 e. The van der Waals surface area contributed by atoms with E-state index in [0.29, 0.717) is 12.8 Å². The number of aromatic nitrogens is 1. The number of aliphatic hydroxyl groups excluding tert-OH is 1. The zero-order chi connectivity index (χ0) is 27.2. The van der Waals surface area contributed by atoms with Gasteiger partial charge in [-0.15, -0.1) is 0 Å². The zero-order valence-corrected chi connectivity index (χ0v) is 23.3. The van der Waals surface area contributed by atoms with Gasteiger partial charge in [-0.05, 0) is 32.6 Å². The molecule has 215 valence electrons. The summed E-state index contributed by atoms with van der Waals surface area (Å²) < 4.78 is 58.9. The van der Waals surface area contributed by atoms with Gasteiger partial charge in [-0.2, -0.15) is 13.2 Å². The van der Waals surface area contributed by atoms with E-state index in [4.69, 9.17) is 13.0 Å². The van der Waals surface area contributed by atoms with Crippen molar-refractivity contribution in [2.75, 3.05) is 53.4 Å². The third-order valence-corrected chi connectivity index (χ3v) is 6.59. The number of hydrogen-bond acceptors (Lipinski definition) is 9. The summed E-state index contributed by atoms with van der Waals surface area (Å²) in [6.07, 6.45) is 6.38. The van der Waals surface area contributed by atoms with Gasteiger partial charge in [0.05, 0.1) is 5.69 Å². The van der Waals surface area contributed by atoms with Crippen LogP contribution in [0.3, 0.4) is 0 Å². The maximum Gasteiger partial charge on any atom is 3.00 e. The van der Waals surface area contributed by atoms with Gasteiger partial charge in [0.1, 0.15) is 0 Å². The molecule has 37 heavy (non-hydrogen) atoms. The predicted molar refractivity (Wildman–Crippen MR) is 128 cm³/mol. The molecule has 2 fully saturated rings. The van der Waals surface area contributed by atoms with E-state index in [2.05, 4.69) is 45.9 Å². The quantitative estimate of drug-likeness (QED) is 0.232. The molecule has 2 aliphatic rings. The molecule has 1 radical (unpaired) electrons. The SMILES string of the molecule is CN1CCN(C)CCN(Cc2ccccn2)CC1.O=S(=O)([O-])C(F)(F)F.[Fe+3].[O-]C1CCCCCCC1[18OH]. The van der Waals surface area contributed by atoms with Gasteiger partial charge < -0.3 is 24.6 Å². The van der Waals surface area contributed by atoms with Gasteiger partial charge in [0.2, 0.25) is 0 Å². The Balaban J connectivity index is 0.000000580. The molecule has 1 aliphatic heterocycles. The number of pyridine rings is 1. The summed E-state index contributed by atoms with van der Waals surface area (Å²) >= 11 is 0. The van der Waals surface area contributed by atoms with Crippen LogP contribution >= 0.6 is 0 Å². The molecule has 1 saturated carbocycles. The molecule has 9 nitrogen and oxygen atoms in total. The molecule has 1 saturated heterocycles. The molecule has 1 aliphatic carbocycles. The fraction of sp³-hybridized carbons (Fsp3) is 0.783. The molecule has 0 amide bonds. The second kappa shape index (κ2) is 18.5. The topological polar surface area (TPSA) is 123 Å². The molecule has 2 atom stereocenters. The average molecular weight is 598 g/mol. The zero-order valence-electron chi connectivity index (χ0n) is 21.4. The predicted octanol–water partition coefficient (Wildman–Crippen LogP) is 1.24. The summed E-state index contributed by atoms with van der Waals surface area (Å²) in [4.78, 5) is 11.7. The van der Waals surface area contributed by atoms with E-state index in [-0.39, 0.29) is 17.1 Å². The van der Waals surface area contributed by atoms with Gasteiger partial charge in [-0.3, -0.25) is 9.88 Å². The molecular weight excluding hydrogens is 559 g/mol. The van der Waals surface area contributed by atoms with Crippen molar-refractivity contribution in [2.24, 2.45) is 0 Å². The van der Waals surface area contributed by atoms with Gasteiger partial charge in [0.25, 0.3) is 0 Å². The molecule has 0 spiro atoms. The van der Waals surface area contributed by atoms with Crippen molar-refractivity contribution in [3.05, 3.63) is 30.1 Å². The van der Waals surface area contributed by atoms with E-state index in [1.807, 2.05) is 12.3 Å². The number of nitrogens with zero attached hydrogens (tertiary/aromatic N) is 4. The summed E-state index contributed by atoms with van der Waals surface area (Å²) in [6.45, 7) is 7.81. The van der Waals surface area contributed by atoms with E-state index < -0.39 is 27.8 Å². The van der Waals surface area contributed by atoms with Gasteiger partial charge in [0, 0.05) is 58.1 Å². The van der Waals surface area contributed by atoms with E-state index >= 15 is 0 Å². The third-order valence-electron chi connectivity index (χ3n) is 6.02. The van der Waals surface area contributed by atoms with Crippen LogP contribution in [0.1, 0.15) is 44.2 Å². The maximum absolute atomic E-state index is 11.0. The number of aliphatic hydroxyl groups is 1. The Morgan fingerprint density at radius 1 is 0.973 bits per heavy atom. The first-order valence-electron chi connectivity index (χ1n) is 12.1. The summed E-state index contributed by atoms with van der Waals surface area (Å²) in [5.41, 5.74) is -4.48. The van der Waals surface area contributed by atoms with E-state index in [1.165, 1.54) is 18.5 Å². The molecular formula is C23H39F3FeN4O5S+. The Labute approximate surface area is 229 Å². The molecule has 2 heterocycles. The minimum absolute atomic E-state index is 0. The molecule has 0 aromatic carbocycles. The smallest absolute Gasteiger partial charge is 0.850 e. The van der Waals surface area contributed by atoms with Crippen LogP contribution in [0.5, 0.6) is 0 Å². The summed E-state index contributed by atoms with van der Waals surface area (Å²) in [5, 5.41) is 20.2. The van der Waals surface area contributed by atoms with Crippen LogP contribution in [-0.2, 0) is 33.7 Å². The second-order valence-electron chi connectivity index (χ2n) is 9.20. The molecule has 2 unspecified atom stereocenters. The van der Waals surface area contributed by atoms with Crippen molar-refractivity contribution in [1.29, 1.82) is 0 Å². The van der Waals surface area contributed by atoms with Crippen molar-refractivity contribution < 1.29 is 53.4 Å². The number of rotatable bonds is 2. The average Bonchev–Trinajstić information content (AvgIpc) is 2.87. The molecule has 1 aromatic heterocycles. The van der Waals surface area contributed by atoms with Crippen LogP contribution < -0.4 is 5.11 Å². The van der Waals surface area contributed by atoms with Crippen LogP contribution in [0.25, 0.3) is 0 Å². The molecule has 3 rings (SSSR count).